The number of aryl methyl sites for hydroxylation is 1. The first-order valence-corrected chi connectivity index (χ1v) is 8.11. The summed E-state index contributed by atoms with van der Waals surface area (Å²) in [4.78, 5) is 4.45. The molecule has 0 bridgehead atoms. The Hall–Kier alpha value is -1.07. The Morgan fingerprint density at radius 3 is 2.61 bits per heavy atom. The van der Waals surface area contributed by atoms with Crippen LogP contribution in [0.4, 0.5) is 0 Å². The van der Waals surface area contributed by atoms with Gasteiger partial charge in [-0.15, -0.1) is 0 Å². The predicted molar refractivity (Wildman–Crippen MR) is 71.7 cm³/mol. The summed E-state index contributed by atoms with van der Waals surface area (Å²) in [5.41, 5.74) is 2.19. The van der Waals surface area contributed by atoms with Gasteiger partial charge in [-0.1, -0.05) is 26.8 Å². The monoisotopic (exact) mass is 286 g/mol. The number of aromatic nitrogens is 2. The number of pyridine rings is 1. The van der Waals surface area contributed by atoms with Gasteiger partial charge in [0.25, 0.3) is 9.05 Å². The van der Waals surface area contributed by atoms with Crippen LogP contribution in [0.2, 0.25) is 0 Å². The second-order valence-corrected chi connectivity index (χ2v) is 6.96. The third-order valence-corrected chi connectivity index (χ3v) is 4.18. The number of hydrogen-bond donors (Lipinski definition) is 0. The number of hydrogen-bond acceptors (Lipinski definition) is 3. The second kappa shape index (κ2) is 4.55. The number of halogens is 1. The van der Waals surface area contributed by atoms with E-state index in [0.29, 0.717) is 11.3 Å². The number of rotatable bonds is 3. The van der Waals surface area contributed by atoms with E-state index in [-0.39, 0.29) is 10.9 Å². The van der Waals surface area contributed by atoms with Crippen LogP contribution in [0.5, 0.6) is 0 Å². The van der Waals surface area contributed by atoms with Crippen LogP contribution in [0, 0.1) is 0 Å². The van der Waals surface area contributed by atoms with E-state index in [9.17, 15) is 8.42 Å². The van der Waals surface area contributed by atoms with Gasteiger partial charge in [-0.2, -0.15) is 0 Å². The van der Waals surface area contributed by atoms with E-state index in [1.165, 1.54) is 0 Å². The highest BCUT2D eigenvalue weighted by atomic mass is 35.7. The lowest BCUT2D eigenvalue weighted by Crippen LogP contribution is -2.02. The molecule has 0 unspecified atom stereocenters. The molecule has 0 atom stereocenters. The molecule has 18 heavy (non-hydrogen) atoms. The standard InChI is InChI=1S/C12H15ClN2O2S/c1-4-9-6-5-7-15-11(9)14-10(8(2)3)12(15)18(13,16)17/h5-8H,4H2,1-3H3. The average Bonchev–Trinajstić information content (AvgIpc) is 2.67. The molecule has 98 valence electrons. The lowest BCUT2D eigenvalue weighted by atomic mass is 10.1. The fraction of sp³-hybridized carbons (Fsp3) is 0.417. The van der Waals surface area contributed by atoms with Gasteiger partial charge in [-0.25, -0.2) is 13.4 Å². The van der Waals surface area contributed by atoms with Gasteiger partial charge in [0.1, 0.15) is 5.65 Å². The maximum Gasteiger partial charge on any atom is 0.279 e. The number of nitrogens with zero attached hydrogens (tertiary/aromatic N) is 2. The summed E-state index contributed by atoms with van der Waals surface area (Å²) < 4.78 is 25.0. The molecular formula is C12H15ClN2O2S. The molecule has 0 spiro atoms. The molecule has 2 aromatic rings. The van der Waals surface area contributed by atoms with Gasteiger partial charge >= 0.3 is 0 Å². The van der Waals surface area contributed by atoms with E-state index in [1.54, 1.807) is 10.6 Å². The Balaban J connectivity index is 2.93. The summed E-state index contributed by atoms with van der Waals surface area (Å²) in [6, 6.07) is 3.75. The van der Waals surface area contributed by atoms with Crippen LogP contribution in [0.15, 0.2) is 23.4 Å². The molecule has 0 aliphatic carbocycles. The molecule has 0 amide bonds. The topological polar surface area (TPSA) is 51.4 Å². The van der Waals surface area contributed by atoms with Gasteiger partial charge in [-0.05, 0) is 24.0 Å². The van der Waals surface area contributed by atoms with Crippen molar-refractivity contribution in [1.82, 2.24) is 9.38 Å². The second-order valence-electron chi connectivity index (χ2n) is 4.48. The zero-order valence-corrected chi connectivity index (χ0v) is 12.1. The number of imidazole rings is 1. The molecule has 2 heterocycles. The third-order valence-electron chi connectivity index (χ3n) is 2.87. The van der Waals surface area contributed by atoms with Gasteiger partial charge in [-0.3, -0.25) is 4.40 Å². The Morgan fingerprint density at radius 1 is 1.44 bits per heavy atom. The largest absolute Gasteiger partial charge is 0.289 e. The van der Waals surface area contributed by atoms with Gasteiger partial charge in [0, 0.05) is 16.9 Å². The first-order chi connectivity index (χ1) is 8.36. The minimum Gasteiger partial charge on any atom is -0.289 e. The van der Waals surface area contributed by atoms with Gasteiger partial charge in [0.15, 0.2) is 5.03 Å². The van der Waals surface area contributed by atoms with Crippen molar-refractivity contribution in [3.05, 3.63) is 29.6 Å². The third kappa shape index (κ3) is 2.12. The summed E-state index contributed by atoms with van der Waals surface area (Å²) in [6.07, 6.45) is 2.48. The van der Waals surface area contributed by atoms with Crippen molar-refractivity contribution in [1.29, 1.82) is 0 Å². The fourth-order valence-corrected chi connectivity index (χ4v) is 3.39. The zero-order valence-electron chi connectivity index (χ0n) is 10.5. The van der Waals surface area contributed by atoms with Crippen molar-refractivity contribution in [3.8, 4) is 0 Å². The first-order valence-electron chi connectivity index (χ1n) is 5.80. The van der Waals surface area contributed by atoms with Crippen molar-refractivity contribution in [3.63, 3.8) is 0 Å². The molecule has 0 saturated heterocycles. The normalized spacial score (nSPS) is 12.5. The molecule has 4 nitrogen and oxygen atoms in total. The minimum absolute atomic E-state index is 0.00173. The van der Waals surface area contributed by atoms with Crippen LogP contribution >= 0.6 is 10.7 Å². The Morgan fingerprint density at radius 2 is 2.11 bits per heavy atom. The van der Waals surface area contributed by atoms with Gasteiger partial charge in [0.2, 0.25) is 0 Å². The van der Waals surface area contributed by atoms with E-state index in [2.05, 4.69) is 4.98 Å². The molecule has 0 saturated carbocycles. The highest BCUT2D eigenvalue weighted by Gasteiger charge is 2.25. The van der Waals surface area contributed by atoms with Crippen LogP contribution in [0.3, 0.4) is 0 Å². The molecule has 2 rings (SSSR count). The van der Waals surface area contributed by atoms with Crippen molar-refractivity contribution in [2.45, 2.75) is 38.1 Å². The summed E-state index contributed by atoms with van der Waals surface area (Å²) in [5.74, 6) is -0.00173. The number of fused-ring (bicyclic) bond motifs is 1. The molecule has 6 heteroatoms. The maximum absolute atomic E-state index is 11.7. The summed E-state index contributed by atoms with van der Waals surface area (Å²) in [6.45, 7) is 5.81. The van der Waals surface area contributed by atoms with Gasteiger partial charge < -0.3 is 0 Å². The quantitative estimate of drug-likeness (QED) is 0.815. The summed E-state index contributed by atoms with van der Waals surface area (Å²) in [5, 5.41) is 0.0875. The van der Waals surface area contributed by atoms with Crippen LogP contribution in [0.25, 0.3) is 5.65 Å². The zero-order chi connectivity index (χ0) is 13.5. The van der Waals surface area contributed by atoms with E-state index in [0.717, 1.165) is 12.0 Å². The van der Waals surface area contributed by atoms with Gasteiger partial charge in [0.05, 0.1) is 5.69 Å². The van der Waals surface area contributed by atoms with Crippen molar-refractivity contribution in [2.24, 2.45) is 0 Å². The van der Waals surface area contributed by atoms with Crippen molar-refractivity contribution >= 4 is 25.4 Å². The Labute approximate surface area is 111 Å². The van der Waals surface area contributed by atoms with E-state index in [4.69, 9.17) is 10.7 Å². The molecule has 0 radical (unpaired) electrons. The summed E-state index contributed by atoms with van der Waals surface area (Å²) in [7, 11) is 1.72. The van der Waals surface area contributed by atoms with E-state index >= 15 is 0 Å². The molecule has 0 aliphatic rings. The van der Waals surface area contributed by atoms with Crippen molar-refractivity contribution in [2.75, 3.05) is 0 Å². The lowest BCUT2D eigenvalue weighted by molar-refractivity contribution is 0.601. The summed E-state index contributed by atoms with van der Waals surface area (Å²) >= 11 is 0. The smallest absolute Gasteiger partial charge is 0.279 e. The molecule has 2 aromatic heterocycles. The SMILES string of the molecule is CCc1cccn2c(S(=O)(=O)Cl)c(C(C)C)nc12. The van der Waals surface area contributed by atoms with E-state index < -0.39 is 9.05 Å². The van der Waals surface area contributed by atoms with Crippen LogP contribution < -0.4 is 0 Å². The molecular weight excluding hydrogens is 272 g/mol. The maximum atomic E-state index is 11.7. The highest BCUT2D eigenvalue weighted by Crippen LogP contribution is 2.28. The predicted octanol–water partition coefficient (Wildman–Crippen LogP) is 2.95. The fourth-order valence-electron chi connectivity index (χ4n) is 2.01. The van der Waals surface area contributed by atoms with Crippen LogP contribution in [-0.4, -0.2) is 17.8 Å². The van der Waals surface area contributed by atoms with E-state index in [1.807, 2.05) is 32.9 Å². The first kappa shape index (κ1) is 13.4. The Kier molecular flexibility index (Phi) is 3.38. The molecule has 0 aliphatic heterocycles. The molecule has 0 N–H and O–H groups in total. The Bertz CT molecular complexity index is 689. The van der Waals surface area contributed by atoms with Crippen LogP contribution in [-0.2, 0) is 15.5 Å². The lowest BCUT2D eigenvalue weighted by Gasteiger charge is -2.03. The highest BCUT2D eigenvalue weighted by molar-refractivity contribution is 8.13. The minimum atomic E-state index is -3.81. The molecule has 0 aromatic carbocycles. The van der Waals surface area contributed by atoms with Crippen molar-refractivity contribution < 1.29 is 8.42 Å². The average molecular weight is 287 g/mol. The van der Waals surface area contributed by atoms with Crippen LogP contribution in [0.1, 0.15) is 37.9 Å². The molecule has 0 fully saturated rings.